The van der Waals surface area contributed by atoms with Gasteiger partial charge in [-0.05, 0) is 38.8 Å². The number of benzene rings is 1. The Morgan fingerprint density at radius 1 is 1.13 bits per heavy atom. The molecule has 4 heteroatoms. The van der Waals surface area contributed by atoms with Crippen LogP contribution < -0.4 is 4.90 Å². The Bertz CT molecular complexity index is 744. The van der Waals surface area contributed by atoms with Gasteiger partial charge in [0.25, 0.3) is 0 Å². The molecule has 2 aromatic rings. The first kappa shape index (κ1) is 17.2. The number of hydrogen-bond acceptors (Lipinski definition) is 2. The van der Waals surface area contributed by atoms with Crippen molar-refractivity contribution in [3.8, 4) is 0 Å². The molecular weight excluding hydrogens is 288 g/mol. The molecule has 122 valence electrons. The first-order chi connectivity index (χ1) is 10.8. The molecule has 1 aromatic carbocycles. The zero-order valence-corrected chi connectivity index (χ0v) is 14.5. The maximum atomic E-state index is 12.6. The summed E-state index contributed by atoms with van der Waals surface area (Å²) in [6, 6.07) is 8.23. The number of nitrogens with one attached hydrogen (secondary N) is 2. The molecule has 4 nitrogen and oxygen atoms in total. The minimum absolute atomic E-state index is 0.00379. The second kappa shape index (κ2) is 6.92. The van der Waals surface area contributed by atoms with Crippen molar-refractivity contribution in [2.75, 3.05) is 13.6 Å². The fourth-order valence-electron chi connectivity index (χ4n) is 3.12. The van der Waals surface area contributed by atoms with E-state index in [0.29, 0.717) is 17.8 Å². The second-order valence-electron chi connectivity index (χ2n) is 6.34. The Hall–Kier alpha value is -2.20. The normalized spacial score (nSPS) is 12.2. The highest BCUT2D eigenvalue weighted by molar-refractivity contribution is 6.03. The lowest BCUT2D eigenvalue weighted by Crippen LogP contribution is -3.08. The number of H-pyrrole nitrogens is 1. The van der Waals surface area contributed by atoms with Crippen molar-refractivity contribution in [3.05, 3.63) is 57.9 Å². The number of rotatable bonds is 6. The molecule has 0 saturated heterocycles. The second-order valence-corrected chi connectivity index (χ2v) is 6.34. The van der Waals surface area contributed by atoms with Gasteiger partial charge in [-0.25, -0.2) is 0 Å². The van der Waals surface area contributed by atoms with Gasteiger partial charge in [0, 0.05) is 16.8 Å². The molecule has 0 saturated carbocycles. The van der Waals surface area contributed by atoms with Gasteiger partial charge in [0.2, 0.25) is 5.78 Å². The maximum Gasteiger partial charge on any atom is 0.233 e. The highest BCUT2D eigenvalue weighted by Gasteiger charge is 2.22. The number of likely N-dealkylation sites (N-methyl/N-ethyl adjacent to an activating group) is 1. The fraction of sp³-hybridized carbons (Fsp3) is 0.368. The molecule has 0 fully saturated rings. The highest BCUT2D eigenvalue weighted by Crippen LogP contribution is 2.18. The molecule has 1 aromatic heterocycles. The van der Waals surface area contributed by atoms with Gasteiger partial charge in [0.1, 0.15) is 13.1 Å². The maximum absolute atomic E-state index is 12.6. The van der Waals surface area contributed by atoms with Gasteiger partial charge in [0.05, 0.1) is 12.7 Å². The topological polar surface area (TPSA) is 54.4 Å². The number of carbonyl (C=O) groups excluding carboxylic acids is 2. The Labute approximate surface area is 137 Å². The van der Waals surface area contributed by atoms with E-state index in [-0.39, 0.29) is 11.6 Å². The largest absolute Gasteiger partial charge is 0.355 e. The average molecular weight is 313 g/mol. The van der Waals surface area contributed by atoms with Crippen molar-refractivity contribution in [2.24, 2.45) is 0 Å². The SMILES string of the molecule is CC(=O)c1c(C)[nH]c(C(=O)C[NH+](C)Cc2ccccc2C)c1C. The lowest BCUT2D eigenvalue weighted by atomic mass is 10.0. The van der Waals surface area contributed by atoms with E-state index in [1.807, 2.05) is 33.0 Å². The molecule has 0 aliphatic heterocycles. The third kappa shape index (κ3) is 3.77. The van der Waals surface area contributed by atoms with Crippen molar-refractivity contribution < 1.29 is 14.5 Å². The van der Waals surface area contributed by atoms with Gasteiger partial charge in [-0.2, -0.15) is 0 Å². The van der Waals surface area contributed by atoms with Crippen molar-refractivity contribution in [1.29, 1.82) is 0 Å². The Morgan fingerprint density at radius 2 is 1.78 bits per heavy atom. The van der Waals surface area contributed by atoms with Gasteiger partial charge in [0.15, 0.2) is 5.78 Å². The van der Waals surface area contributed by atoms with Crippen molar-refractivity contribution in [1.82, 2.24) is 4.98 Å². The summed E-state index contributed by atoms with van der Waals surface area (Å²) in [6.45, 7) is 8.49. The molecule has 2 N–H and O–H groups in total. The van der Waals surface area contributed by atoms with Crippen LogP contribution in [0.2, 0.25) is 0 Å². The number of hydrogen-bond donors (Lipinski definition) is 2. The summed E-state index contributed by atoms with van der Waals surface area (Å²) >= 11 is 0. The van der Waals surface area contributed by atoms with E-state index >= 15 is 0 Å². The molecule has 0 radical (unpaired) electrons. The van der Waals surface area contributed by atoms with Crippen LogP contribution in [0.1, 0.15) is 50.2 Å². The predicted octanol–water partition coefficient (Wildman–Crippen LogP) is 2.04. The summed E-state index contributed by atoms with van der Waals surface area (Å²) in [4.78, 5) is 28.5. The van der Waals surface area contributed by atoms with E-state index in [9.17, 15) is 9.59 Å². The highest BCUT2D eigenvalue weighted by atomic mass is 16.1. The standard InChI is InChI=1S/C19H24N2O2/c1-12-8-6-7-9-16(12)10-21(5)11-17(23)19-13(2)18(15(4)22)14(3)20-19/h6-9,20H,10-11H2,1-5H3/p+1. The summed E-state index contributed by atoms with van der Waals surface area (Å²) < 4.78 is 0. The van der Waals surface area contributed by atoms with E-state index < -0.39 is 0 Å². The van der Waals surface area contributed by atoms with E-state index in [1.165, 1.54) is 18.1 Å². The fourth-order valence-corrected chi connectivity index (χ4v) is 3.12. The van der Waals surface area contributed by atoms with Crippen LogP contribution >= 0.6 is 0 Å². The minimum atomic E-state index is -0.00379. The third-order valence-corrected chi connectivity index (χ3v) is 4.28. The first-order valence-electron chi connectivity index (χ1n) is 7.90. The molecule has 1 atom stereocenters. The van der Waals surface area contributed by atoms with Crippen molar-refractivity contribution in [3.63, 3.8) is 0 Å². The molecule has 0 spiro atoms. The van der Waals surface area contributed by atoms with E-state index in [1.54, 1.807) is 0 Å². The van der Waals surface area contributed by atoms with Gasteiger partial charge >= 0.3 is 0 Å². The third-order valence-electron chi connectivity index (χ3n) is 4.28. The Morgan fingerprint density at radius 3 is 2.35 bits per heavy atom. The van der Waals surface area contributed by atoms with Gasteiger partial charge in [-0.1, -0.05) is 24.3 Å². The van der Waals surface area contributed by atoms with Crippen molar-refractivity contribution >= 4 is 11.6 Å². The summed E-state index contributed by atoms with van der Waals surface area (Å²) in [7, 11) is 2.02. The van der Waals surface area contributed by atoms with Crippen LogP contribution in [0.3, 0.4) is 0 Å². The van der Waals surface area contributed by atoms with Crippen LogP contribution in [-0.2, 0) is 6.54 Å². The molecule has 0 aliphatic rings. The zero-order valence-electron chi connectivity index (χ0n) is 14.5. The molecular formula is C19H25N2O2+. The number of quaternary nitrogens is 1. The molecule has 0 aliphatic carbocycles. The molecule has 23 heavy (non-hydrogen) atoms. The number of carbonyl (C=O) groups is 2. The summed E-state index contributed by atoms with van der Waals surface area (Å²) in [5, 5.41) is 0. The van der Waals surface area contributed by atoms with Crippen LogP contribution in [0, 0.1) is 20.8 Å². The minimum Gasteiger partial charge on any atom is -0.355 e. The number of Topliss-reactive ketones (excluding diaryl/α,β-unsaturated/α-hetero) is 2. The molecule has 1 heterocycles. The quantitative estimate of drug-likeness (QED) is 0.802. The number of aromatic amines is 1. The van der Waals surface area contributed by atoms with Crippen LogP contribution in [0.4, 0.5) is 0 Å². The molecule has 2 rings (SSSR count). The molecule has 1 unspecified atom stereocenters. The molecule has 0 amide bonds. The van der Waals surface area contributed by atoms with Gasteiger partial charge in [-0.15, -0.1) is 0 Å². The van der Waals surface area contributed by atoms with E-state index in [4.69, 9.17) is 0 Å². The Balaban J connectivity index is 2.12. The zero-order chi connectivity index (χ0) is 17.1. The van der Waals surface area contributed by atoms with Crippen LogP contribution in [0.5, 0.6) is 0 Å². The van der Waals surface area contributed by atoms with Crippen LogP contribution in [0.15, 0.2) is 24.3 Å². The van der Waals surface area contributed by atoms with Crippen LogP contribution in [-0.4, -0.2) is 30.1 Å². The lowest BCUT2D eigenvalue weighted by molar-refractivity contribution is -0.884. The lowest BCUT2D eigenvalue weighted by Gasteiger charge is -2.14. The summed E-state index contributed by atoms with van der Waals surface area (Å²) in [5.41, 5.74) is 5.24. The number of aromatic nitrogens is 1. The average Bonchev–Trinajstić information content (AvgIpc) is 2.76. The van der Waals surface area contributed by atoms with Gasteiger partial charge < -0.3 is 9.88 Å². The van der Waals surface area contributed by atoms with E-state index in [2.05, 4.69) is 24.0 Å². The van der Waals surface area contributed by atoms with Crippen LogP contribution in [0.25, 0.3) is 0 Å². The number of ketones is 2. The van der Waals surface area contributed by atoms with Crippen molar-refractivity contribution in [2.45, 2.75) is 34.2 Å². The smallest absolute Gasteiger partial charge is 0.233 e. The Kier molecular flexibility index (Phi) is 5.16. The van der Waals surface area contributed by atoms with E-state index in [0.717, 1.165) is 22.7 Å². The van der Waals surface area contributed by atoms with Gasteiger partial charge in [-0.3, -0.25) is 9.59 Å². The first-order valence-corrected chi connectivity index (χ1v) is 7.90. The predicted molar refractivity (Wildman–Crippen MR) is 91.2 cm³/mol. The number of aryl methyl sites for hydroxylation is 2. The summed E-state index contributed by atoms with van der Waals surface area (Å²) in [5.74, 6) is 0.0418. The monoisotopic (exact) mass is 313 g/mol. The molecule has 0 bridgehead atoms. The summed E-state index contributed by atoms with van der Waals surface area (Å²) in [6.07, 6.45) is 0.